The van der Waals surface area contributed by atoms with Crippen LogP contribution in [0.15, 0.2) is 61.2 Å². The van der Waals surface area contributed by atoms with Crippen LogP contribution in [0.2, 0.25) is 0 Å². The second-order valence-electron chi connectivity index (χ2n) is 5.93. The number of aromatic nitrogens is 3. The molecule has 126 valence electrons. The van der Waals surface area contributed by atoms with E-state index < -0.39 is 12.1 Å². The first-order valence-corrected chi connectivity index (χ1v) is 7.99. The number of urea groups is 1. The van der Waals surface area contributed by atoms with E-state index in [0.717, 1.165) is 16.8 Å². The molecule has 0 bridgehead atoms. The molecule has 2 atom stereocenters. The lowest BCUT2D eigenvalue weighted by Gasteiger charge is -2.18. The molecule has 7 nitrogen and oxygen atoms in total. The number of amides is 2. The van der Waals surface area contributed by atoms with E-state index >= 15 is 0 Å². The summed E-state index contributed by atoms with van der Waals surface area (Å²) < 4.78 is 1.63. The molecule has 1 aliphatic rings. The molecule has 0 saturated carbocycles. The standard InChI is InChI=1S/C18H17N5O2/c24-16-9-12-3-1-2-4-15(12)17(16)22-18(25)21-13-5-7-14(8-6-13)23-11-19-10-20-23/h1-8,10-11,16-17,24H,9H2,(H2,21,22,25)/t16-,17+/m0/s1. The first kappa shape index (κ1) is 15.3. The molecule has 0 fully saturated rings. The zero-order valence-electron chi connectivity index (χ0n) is 13.3. The number of anilines is 1. The predicted octanol–water partition coefficient (Wildman–Crippen LogP) is 2.05. The van der Waals surface area contributed by atoms with Gasteiger partial charge in [0.2, 0.25) is 0 Å². The molecule has 2 amide bonds. The summed E-state index contributed by atoms with van der Waals surface area (Å²) in [6, 6.07) is 14.3. The van der Waals surface area contributed by atoms with E-state index in [1.165, 1.54) is 6.33 Å². The van der Waals surface area contributed by atoms with E-state index in [0.29, 0.717) is 12.1 Å². The van der Waals surface area contributed by atoms with Gasteiger partial charge in [-0.3, -0.25) is 0 Å². The largest absolute Gasteiger partial charge is 0.390 e. The van der Waals surface area contributed by atoms with Gasteiger partial charge in [-0.1, -0.05) is 24.3 Å². The second kappa shape index (κ2) is 6.37. The van der Waals surface area contributed by atoms with Gasteiger partial charge in [-0.15, -0.1) is 0 Å². The summed E-state index contributed by atoms with van der Waals surface area (Å²) in [6.07, 6.45) is 3.00. The van der Waals surface area contributed by atoms with Crippen LogP contribution in [-0.2, 0) is 6.42 Å². The summed E-state index contributed by atoms with van der Waals surface area (Å²) in [5, 5.41) is 19.9. The quantitative estimate of drug-likeness (QED) is 0.683. The fraction of sp³-hybridized carbons (Fsp3) is 0.167. The average Bonchev–Trinajstić information content (AvgIpc) is 3.25. The van der Waals surface area contributed by atoms with Crippen molar-refractivity contribution in [2.45, 2.75) is 18.6 Å². The van der Waals surface area contributed by atoms with Crippen molar-refractivity contribution in [3.8, 4) is 5.69 Å². The van der Waals surface area contributed by atoms with Gasteiger partial charge in [0, 0.05) is 12.1 Å². The predicted molar refractivity (Wildman–Crippen MR) is 92.4 cm³/mol. The molecule has 1 heterocycles. The van der Waals surface area contributed by atoms with Gasteiger partial charge in [-0.2, -0.15) is 5.10 Å². The summed E-state index contributed by atoms with van der Waals surface area (Å²) in [7, 11) is 0. The molecule has 3 N–H and O–H groups in total. The molecule has 0 radical (unpaired) electrons. The highest BCUT2D eigenvalue weighted by atomic mass is 16.3. The Labute approximate surface area is 144 Å². The lowest BCUT2D eigenvalue weighted by atomic mass is 10.1. The van der Waals surface area contributed by atoms with Crippen LogP contribution in [0.3, 0.4) is 0 Å². The van der Waals surface area contributed by atoms with Gasteiger partial charge in [0.15, 0.2) is 0 Å². The number of nitrogens with one attached hydrogen (secondary N) is 2. The van der Waals surface area contributed by atoms with Crippen LogP contribution in [0.25, 0.3) is 5.69 Å². The van der Waals surface area contributed by atoms with Crippen LogP contribution in [-0.4, -0.2) is 32.0 Å². The molecule has 1 aromatic heterocycles. The van der Waals surface area contributed by atoms with E-state index in [1.807, 2.05) is 36.4 Å². The minimum absolute atomic E-state index is 0.353. The molecular weight excluding hydrogens is 318 g/mol. The topological polar surface area (TPSA) is 92.1 Å². The zero-order valence-corrected chi connectivity index (χ0v) is 13.3. The Hall–Kier alpha value is -3.19. The van der Waals surface area contributed by atoms with E-state index in [2.05, 4.69) is 20.7 Å². The fourth-order valence-electron chi connectivity index (χ4n) is 3.10. The van der Waals surface area contributed by atoms with Crippen LogP contribution in [0.5, 0.6) is 0 Å². The third kappa shape index (κ3) is 3.09. The minimum atomic E-state index is -0.613. The summed E-state index contributed by atoms with van der Waals surface area (Å²) in [5.41, 5.74) is 3.54. The Balaban J connectivity index is 1.42. The van der Waals surface area contributed by atoms with E-state index in [9.17, 15) is 9.90 Å². The highest BCUT2D eigenvalue weighted by molar-refractivity contribution is 5.89. The molecule has 0 spiro atoms. The first-order chi connectivity index (χ1) is 12.2. The van der Waals surface area contributed by atoms with Crippen molar-refractivity contribution < 1.29 is 9.90 Å². The minimum Gasteiger partial charge on any atom is -0.390 e. The normalized spacial score (nSPS) is 18.6. The molecular formula is C18H17N5O2. The number of benzene rings is 2. The third-order valence-electron chi connectivity index (χ3n) is 4.30. The Bertz CT molecular complexity index is 877. The number of rotatable bonds is 3. The smallest absolute Gasteiger partial charge is 0.319 e. The second-order valence-corrected chi connectivity index (χ2v) is 5.93. The third-order valence-corrected chi connectivity index (χ3v) is 4.30. The monoisotopic (exact) mass is 335 g/mol. The first-order valence-electron chi connectivity index (χ1n) is 7.99. The molecule has 0 aliphatic heterocycles. The van der Waals surface area contributed by atoms with Crippen molar-refractivity contribution in [3.05, 3.63) is 72.3 Å². The molecule has 1 aliphatic carbocycles. The van der Waals surface area contributed by atoms with Gasteiger partial charge in [0.25, 0.3) is 0 Å². The van der Waals surface area contributed by atoms with Gasteiger partial charge < -0.3 is 15.7 Å². The highest BCUT2D eigenvalue weighted by Crippen LogP contribution is 2.31. The van der Waals surface area contributed by atoms with Gasteiger partial charge in [-0.05, 0) is 35.4 Å². The maximum Gasteiger partial charge on any atom is 0.319 e. The summed E-state index contributed by atoms with van der Waals surface area (Å²) in [5.74, 6) is 0. The summed E-state index contributed by atoms with van der Waals surface area (Å²) >= 11 is 0. The number of hydrogen-bond acceptors (Lipinski definition) is 4. The zero-order chi connectivity index (χ0) is 17.2. The van der Waals surface area contributed by atoms with Crippen molar-refractivity contribution in [1.29, 1.82) is 0 Å². The van der Waals surface area contributed by atoms with E-state index in [4.69, 9.17) is 0 Å². The number of fused-ring (bicyclic) bond motifs is 1. The van der Waals surface area contributed by atoms with E-state index in [-0.39, 0.29) is 6.03 Å². The van der Waals surface area contributed by atoms with Crippen molar-refractivity contribution in [2.75, 3.05) is 5.32 Å². The van der Waals surface area contributed by atoms with Gasteiger partial charge in [0.1, 0.15) is 12.7 Å². The van der Waals surface area contributed by atoms with Crippen LogP contribution >= 0.6 is 0 Å². The summed E-state index contributed by atoms with van der Waals surface area (Å²) in [6.45, 7) is 0. The Morgan fingerprint density at radius 2 is 1.96 bits per heavy atom. The van der Waals surface area contributed by atoms with Gasteiger partial charge >= 0.3 is 6.03 Å². The maximum atomic E-state index is 12.3. The van der Waals surface area contributed by atoms with Crippen LogP contribution < -0.4 is 10.6 Å². The number of carbonyl (C=O) groups is 1. The lowest BCUT2D eigenvalue weighted by Crippen LogP contribution is -2.36. The Morgan fingerprint density at radius 1 is 1.16 bits per heavy atom. The molecule has 0 unspecified atom stereocenters. The number of nitrogens with zero attached hydrogens (tertiary/aromatic N) is 3. The highest BCUT2D eigenvalue weighted by Gasteiger charge is 2.31. The summed E-state index contributed by atoms with van der Waals surface area (Å²) in [4.78, 5) is 16.2. The number of aliphatic hydroxyl groups is 1. The maximum absolute atomic E-state index is 12.3. The molecule has 25 heavy (non-hydrogen) atoms. The SMILES string of the molecule is O=C(Nc1ccc(-n2cncn2)cc1)N[C@@H]1c2ccccc2C[C@@H]1O. The van der Waals surface area contributed by atoms with Gasteiger partial charge in [-0.25, -0.2) is 14.5 Å². The molecule has 0 saturated heterocycles. The molecule has 3 aromatic rings. The molecule has 2 aromatic carbocycles. The number of aliphatic hydroxyl groups excluding tert-OH is 1. The van der Waals surface area contributed by atoms with E-state index in [1.54, 1.807) is 23.1 Å². The van der Waals surface area contributed by atoms with Crippen LogP contribution in [0.1, 0.15) is 17.2 Å². The number of hydrogen-bond donors (Lipinski definition) is 3. The van der Waals surface area contributed by atoms with Crippen molar-refractivity contribution in [3.63, 3.8) is 0 Å². The van der Waals surface area contributed by atoms with Crippen LogP contribution in [0.4, 0.5) is 10.5 Å². The van der Waals surface area contributed by atoms with Crippen molar-refractivity contribution >= 4 is 11.7 Å². The van der Waals surface area contributed by atoms with Gasteiger partial charge in [0.05, 0.1) is 17.8 Å². The number of carbonyl (C=O) groups excluding carboxylic acids is 1. The molecule has 7 heteroatoms. The van der Waals surface area contributed by atoms with Crippen molar-refractivity contribution in [2.24, 2.45) is 0 Å². The Kier molecular flexibility index (Phi) is 3.91. The fourth-order valence-corrected chi connectivity index (χ4v) is 3.10. The average molecular weight is 335 g/mol. The molecule has 4 rings (SSSR count). The van der Waals surface area contributed by atoms with Crippen LogP contribution in [0, 0.1) is 0 Å². The Morgan fingerprint density at radius 3 is 2.72 bits per heavy atom. The van der Waals surface area contributed by atoms with Crippen molar-refractivity contribution in [1.82, 2.24) is 20.1 Å². The lowest BCUT2D eigenvalue weighted by molar-refractivity contribution is 0.144.